The summed E-state index contributed by atoms with van der Waals surface area (Å²) in [7, 11) is 3.25. The van der Waals surface area contributed by atoms with Gasteiger partial charge >= 0.3 is 0 Å². The SMILES string of the molecule is COc1cccc([C@H]2NC(=S)C3=C(Oc4c(cccc4OC)C3)N2c2ccc(F)cc2)c1. The molecule has 5 nitrogen and oxygen atoms in total. The minimum absolute atomic E-state index is 0.307. The van der Waals surface area contributed by atoms with Gasteiger partial charge in [-0.15, -0.1) is 0 Å². The normalized spacial score (nSPS) is 17.2. The van der Waals surface area contributed by atoms with Crippen LogP contribution in [0.15, 0.2) is 78.2 Å². The molecule has 5 rings (SSSR count). The molecule has 2 aliphatic rings. The van der Waals surface area contributed by atoms with Crippen LogP contribution in [0.1, 0.15) is 17.3 Å². The van der Waals surface area contributed by atoms with Crippen LogP contribution in [0.2, 0.25) is 0 Å². The van der Waals surface area contributed by atoms with Gasteiger partial charge in [0.15, 0.2) is 11.5 Å². The van der Waals surface area contributed by atoms with E-state index in [1.807, 2.05) is 47.4 Å². The fourth-order valence-corrected chi connectivity index (χ4v) is 4.35. The summed E-state index contributed by atoms with van der Waals surface area (Å²) in [6.07, 6.45) is 0.217. The van der Waals surface area contributed by atoms with Crippen molar-refractivity contribution in [3.63, 3.8) is 0 Å². The van der Waals surface area contributed by atoms with Crippen molar-refractivity contribution in [1.82, 2.24) is 5.32 Å². The highest BCUT2D eigenvalue weighted by atomic mass is 32.1. The van der Waals surface area contributed by atoms with Gasteiger partial charge in [0.1, 0.15) is 22.7 Å². The highest BCUT2D eigenvalue weighted by Crippen LogP contribution is 2.44. The molecule has 0 aliphatic carbocycles. The van der Waals surface area contributed by atoms with E-state index in [9.17, 15) is 4.39 Å². The highest BCUT2D eigenvalue weighted by molar-refractivity contribution is 7.80. The molecule has 0 aromatic heterocycles. The molecule has 1 atom stereocenters. The van der Waals surface area contributed by atoms with Gasteiger partial charge in [0.2, 0.25) is 5.88 Å². The van der Waals surface area contributed by atoms with Crippen LogP contribution in [0.5, 0.6) is 17.2 Å². The Bertz CT molecular complexity index is 1230. The smallest absolute Gasteiger partial charge is 0.209 e. The second kappa shape index (κ2) is 8.16. The number of methoxy groups -OCH3 is 2. The molecule has 2 heterocycles. The van der Waals surface area contributed by atoms with Crippen LogP contribution in [0, 0.1) is 5.82 Å². The van der Waals surface area contributed by atoms with Crippen molar-refractivity contribution in [2.45, 2.75) is 12.6 Å². The fraction of sp³-hybridized carbons (Fsp3) is 0.160. The average Bonchev–Trinajstić information content (AvgIpc) is 2.83. The number of anilines is 1. The molecule has 0 saturated carbocycles. The zero-order chi connectivity index (χ0) is 22.2. The van der Waals surface area contributed by atoms with Crippen LogP contribution < -0.4 is 24.4 Å². The molecule has 0 amide bonds. The zero-order valence-corrected chi connectivity index (χ0v) is 18.4. The minimum atomic E-state index is -0.377. The molecule has 7 heteroatoms. The lowest BCUT2D eigenvalue weighted by Gasteiger charge is -2.43. The van der Waals surface area contributed by atoms with Gasteiger partial charge in [-0.3, -0.25) is 4.90 Å². The standard InChI is InChI=1S/C25H21FN2O3S/c1-29-19-7-3-6-16(13-19)23-27-24(32)20-14-15-5-4-8-21(30-2)22(15)31-25(20)28(23)18-11-9-17(26)10-12-18/h3-13,23H,14H2,1-2H3,(H,27,32)/t23-/m0/s1. The second-order valence-electron chi connectivity index (χ2n) is 7.51. The van der Waals surface area contributed by atoms with Crippen molar-refractivity contribution < 1.29 is 18.6 Å². The Morgan fingerprint density at radius 2 is 1.81 bits per heavy atom. The Morgan fingerprint density at radius 1 is 1.03 bits per heavy atom. The van der Waals surface area contributed by atoms with Gasteiger partial charge in [-0.2, -0.15) is 0 Å². The third-order valence-corrected chi connectivity index (χ3v) is 6.00. The average molecular weight is 449 g/mol. The van der Waals surface area contributed by atoms with Crippen LogP contribution in [-0.4, -0.2) is 19.2 Å². The summed E-state index contributed by atoms with van der Waals surface area (Å²) < 4.78 is 31.2. The number of fused-ring (bicyclic) bond motifs is 1. The summed E-state index contributed by atoms with van der Waals surface area (Å²) in [6.45, 7) is 0. The van der Waals surface area contributed by atoms with Gasteiger partial charge in [-0.05, 0) is 48.0 Å². The zero-order valence-electron chi connectivity index (χ0n) is 17.6. The Hall–Kier alpha value is -3.58. The van der Waals surface area contributed by atoms with Gasteiger partial charge in [0, 0.05) is 17.7 Å². The van der Waals surface area contributed by atoms with E-state index < -0.39 is 0 Å². The molecule has 0 saturated heterocycles. The summed E-state index contributed by atoms with van der Waals surface area (Å²) in [6, 6.07) is 19.9. The first-order chi connectivity index (χ1) is 15.6. The Kier molecular flexibility index (Phi) is 5.19. The largest absolute Gasteiger partial charge is 0.497 e. The molecule has 3 aromatic rings. The predicted molar refractivity (Wildman–Crippen MR) is 125 cm³/mol. The number of thiocarbonyl (C=S) groups is 1. The third-order valence-electron chi connectivity index (χ3n) is 5.64. The number of hydrogen-bond donors (Lipinski definition) is 1. The molecule has 2 aliphatic heterocycles. The highest BCUT2D eigenvalue weighted by Gasteiger charge is 2.38. The van der Waals surface area contributed by atoms with Crippen LogP contribution in [0.4, 0.5) is 10.1 Å². The summed E-state index contributed by atoms with van der Waals surface area (Å²) >= 11 is 5.76. The summed E-state index contributed by atoms with van der Waals surface area (Å²) in [5, 5.41) is 3.44. The molecule has 1 N–H and O–H groups in total. The number of halogens is 1. The molecule has 32 heavy (non-hydrogen) atoms. The van der Waals surface area contributed by atoms with Crippen molar-refractivity contribution in [1.29, 1.82) is 0 Å². The van der Waals surface area contributed by atoms with Crippen molar-refractivity contribution in [3.8, 4) is 17.2 Å². The van der Waals surface area contributed by atoms with E-state index in [0.29, 0.717) is 28.8 Å². The minimum Gasteiger partial charge on any atom is -0.497 e. The van der Waals surface area contributed by atoms with E-state index in [1.54, 1.807) is 26.4 Å². The van der Waals surface area contributed by atoms with Crippen LogP contribution in [0.3, 0.4) is 0 Å². The number of benzene rings is 3. The van der Waals surface area contributed by atoms with Crippen molar-refractivity contribution in [3.05, 3.63) is 95.1 Å². The van der Waals surface area contributed by atoms with Crippen molar-refractivity contribution in [2.24, 2.45) is 0 Å². The quantitative estimate of drug-likeness (QED) is 0.559. The Labute approximate surface area is 191 Å². The number of rotatable bonds is 4. The molecular formula is C25H21FN2O3S. The fourth-order valence-electron chi connectivity index (χ4n) is 4.08. The van der Waals surface area contributed by atoms with E-state index in [-0.39, 0.29) is 12.0 Å². The summed E-state index contributed by atoms with van der Waals surface area (Å²) in [5.41, 5.74) is 3.55. The monoisotopic (exact) mass is 448 g/mol. The number of hydrogen-bond acceptors (Lipinski definition) is 5. The van der Waals surface area contributed by atoms with E-state index in [2.05, 4.69) is 5.32 Å². The maximum atomic E-state index is 13.7. The first-order valence-corrected chi connectivity index (χ1v) is 10.6. The van der Waals surface area contributed by atoms with Gasteiger partial charge < -0.3 is 19.5 Å². The molecule has 3 aromatic carbocycles. The molecule has 0 unspecified atom stereocenters. The summed E-state index contributed by atoms with van der Waals surface area (Å²) in [5.74, 6) is 2.33. The summed E-state index contributed by atoms with van der Waals surface area (Å²) in [4.78, 5) is 2.61. The maximum Gasteiger partial charge on any atom is 0.209 e. The number of nitrogens with zero attached hydrogens (tertiary/aromatic N) is 1. The van der Waals surface area contributed by atoms with Gasteiger partial charge in [-0.1, -0.05) is 36.5 Å². The topological polar surface area (TPSA) is 43.0 Å². The lowest BCUT2D eigenvalue weighted by Crippen LogP contribution is -2.49. The number of ether oxygens (including phenoxy) is 3. The Balaban J connectivity index is 1.67. The van der Waals surface area contributed by atoms with E-state index in [4.69, 9.17) is 26.4 Å². The lowest BCUT2D eigenvalue weighted by molar-refractivity contribution is 0.327. The van der Waals surface area contributed by atoms with E-state index in [1.165, 1.54) is 12.1 Å². The van der Waals surface area contributed by atoms with Crippen molar-refractivity contribution >= 4 is 22.9 Å². The van der Waals surface area contributed by atoms with E-state index >= 15 is 0 Å². The lowest BCUT2D eigenvalue weighted by atomic mass is 9.98. The van der Waals surface area contributed by atoms with Gasteiger partial charge in [-0.25, -0.2) is 4.39 Å². The number of nitrogens with one attached hydrogen (secondary N) is 1. The third kappa shape index (κ3) is 3.44. The molecule has 0 radical (unpaired) electrons. The molecule has 162 valence electrons. The van der Waals surface area contributed by atoms with Gasteiger partial charge in [0.05, 0.1) is 19.8 Å². The van der Waals surface area contributed by atoms with Crippen LogP contribution in [-0.2, 0) is 6.42 Å². The molecular weight excluding hydrogens is 427 g/mol. The van der Waals surface area contributed by atoms with Crippen LogP contribution >= 0.6 is 12.2 Å². The van der Waals surface area contributed by atoms with Gasteiger partial charge in [0.25, 0.3) is 0 Å². The predicted octanol–water partition coefficient (Wildman–Crippen LogP) is 5.13. The molecule has 0 fully saturated rings. The Morgan fingerprint density at radius 3 is 2.56 bits per heavy atom. The van der Waals surface area contributed by atoms with Crippen LogP contribution in [0.25, 0.3) is 0 Å². The molecule has 0 bridgehead atoms. The van der Waals surface area contributed by atoms with E-state index in [0.717, 1.165) is 28.1 Å². The first kappa shape index (κ1) is 20.3. The second-order valence-corrected chi connectivity index (χ2v) is 7.92. The number of para-hydroxylation sites is 1. The van der Waals surface area contributed by atoms with Crippen molar-refractivity contribution in [2.75, 3.05) is 19.1 Å². The molecule has 0 spiro atoms. The first-order valence-electron chi connectivity index (χ1n) is 10.2. The maximum absolute atomic E-state index is 13.7.